The van der Waals surface area contributed by atoms with E-state index in [0.717, 1.165) is 17.3 Å². The Bertz CT molecular complexity index is 371. The molecule has 1 aromatic heterocycles. The van der Waals surface area contributed by atoms with E-state index >= 15 is 0 Å². The zero-order chi connectivity index (χ0) is 10.7. The smallest absolute Gasteiger partial charge is 0.254 e. The molecular formula is C10H16N2OS. The number of hydrogen-bond acceptors (Lipinski definition) is 3. The zero-order valence-electron chi connectivity index (χ0n) is 9.05. The molecule has 0 saturated carbocycles. The molecule has 1 aromatic rings. The summed E-state index contributed by atoms with van der Waals surface area (Å²) < 4.78 is 0. The van der Waals surface area contributed by atoms with Crippen LogP contribution in [0, 0.1) is 13.8 Å². The predicted molar refractivity (Wildman–Crippen MR) is 60.8 cm³/mol. The van der Waals surface area contributed by atoms with Gasteiger partial charge >= 0.3 is 0 Å². The molecule has 0 bridgehead atoms. The van der Waals surface area contributed by atoms with Crippen LogP contribution >= 0.6 is 11.8 Å². The van der Waals surface area contributed by atoms with Crippen LogP contribution in [0.1, 0.15) is 30.9 Å². The minimum absolute atomic E-state index is 0.0168. The Morgan fingerprint density at radius 1 is 1.43 bits per heavy atom. The number of rotatable bonds is 3. The lowest BCUT2D eigenvalue weighted by atomic mass is 10.3. The van der Waals surface area contributed by atoms with Gasteiger partial charge in [-0.15, -0.1) is 0 Å². The molecule has 0 radical (unpaired) electrons. The Hall–Kier alpha value is -0.770. The number of aryl methyl sites for hydroxylation is 1. The summed E-state index contributed by atoms with van der Waals surface area (Å²) in [5, 5.41) is 0.557. The van der Waals surface area contributed by atoms with Gasteiger partial charge < -0.3 is 4.98 Å². The topological polar surface area (TPSA) is 45.8 Å². The van der Waals surface area contributed by atoms with E-state index in [1.165, 1.54) is 0 Å². The van der Waals surface area contributed by atoms with Crippen LogP contribution in [-0.4, -0.2) is 15.2 Å². The molecule has 4 heteroatoms. The van der Waals surface area contributed by atoms with E-state index in [1.54, 1.807) is 18.7 Å². The van der Waals surface area contributed by atoms with Crippen LogP contribution < -0.4 is 5.56 Å². The molecule has 0 spiro atoms. The molecule has 0 amide bonds. The third-order valence-electron chi connectivity index (χ3n) is 2.00. The van der Waals surface area contributed by atoms with Crippen molar-refractivity contribution < 1.29 is 0 Å². The maximum atomic E-state index is 11.4. The summed E-state index contributed by atoms with van der Waals surface area (Å²) in [7, 11) is 0. The Kier molecular flexibility index (Phi) is 3.75. The quantitative estimate of drug-likeness (QED) is 0.834. The van der Waals surface area contributed by atoms with Gasteiger partial charge in [0, 0.05) is 11.3 Å². The third-order valence-corrected chi connectivity index (χ3v) is 3.10. The fraction of sp³-hybridized carbons (Fsp3) is 0.600. The van der Waals surface area contributed by atoms with Crippen molar-refractivity contribution in [2.45, 2.75) is 38.7 Å². The summed E-state index contributed by atoms with van der Waals surface area (Å²) in [6, 6.07) is 0. The van der Waals surface area contributed by atoms with Crippen molar-refractivity contribution in [3.8, 4) is 0 Å². The molecule has 14 heavy (non-hydrogen) atoms. The molecule has 0 unspecified atom stereocenters. The maximum absolute atomic E-state index is 11.4. The lowest BCUT2D eigenvalue weighted by Crippen LogP contribution is -2.16. The molecule has 0 aliphatic carbocycles. The molecule has 0 aliphatic rings. The van der Waals surface area contributed by atoms with Gasteiger partial charge in [0.1, 0.15) is 5.82 Å². The van der Waals surface area contributed by atoms with Gasteiger partial charge in [-0.2, -0.15) is 11.8 Å². The van der Waals surface area contributed by atoms with Crippen LogP contribution in [0.25, 0.3) is 0 Å². The van der Waals surface area contributed by atoms with Crippen molar-refractivity contribution in [2.24, 2.45) is 0 Å². The first-order valence-electron chi connectivity index (χ1n) is 4.68. The first-order chi connectivity index (χ1) is 6.50. The summed E-state index contributed by atoms with van der Waals surface area (Å²) in [6.45, 7) is 7.92. The van der Waals surface area contributed by atoms with Crippen LogP contribution in [0.2, 0.25) is 0 Å². The Labute approximate surface area is 88.3 Å². The number of H-pyrrole nitrogens is 1. The highest BCUT2D eigenvalue weighted by Gasteiger charge is 2.04. The average molecular weight is 212 g/mol. The van der Waals surface area contributed by atoms with Gasteiger partial charge in [-0.3, -0.25) is 4.79 Å². The molecule has 3 nitrogen and oxygen atoms in total. The van der Waals surface area contributed by atoms with E-state index in [9.17, 15) is 4.79 Å². The van der Waals surface area contributed by atoms with Gasteiger partial charge in [-0.05, 0) is 19.1 Å². The van der Waals surface area contributed by atoms with Gasteiger partial charge in [0.15, 0.2) is 0 Å². The van der Waals surface area contributed by atoms with Crippen LogP contribution in [0.5, 0.6) is 0 Å². The van der Waals surface area contributed by atoms with Crippen LogP contribution in [0.4, 0.5) is 0 Å². The zero-order valence-corrected chi connectivity index (χ0v) is 9.86. The Balaban J connectivity index is 2.85. The highest BCUT2D eigenvalue weighted by atomic mass is 32.2. The SMILES string of the molecule is Cc1nc(CSC(C)C)[nH]c(=O)c1C. The largest absolute Gasteiger partial charge is 0.310 e. The Morgan fingerprint density at radius 2 is 2.07 bits per heavy atom. The van der Waals surface area contributed by atoms with Gasteiger partial charge in [0.25, 0.3) is 5.56 Å². The minimum Gasteiger partial charge on any atom is -0.310 e. The first kappa shape index (κ1) is 11.3. The molecule has 1 heterocycles. The van der Waals surface area contributed by atoms with Crippen molar-refractivity contribution in [1.82, 2.24) is 9.97 Å². The predicted octanol–water partition coefficient (Wildman–Crippen LogP) is 2.03. The van der Waals surface area contributed by atoms with E-state index < -0.39 is 0 Å². The number of aromatic nitrogens is 2. The number of nitrogens with one attached hydrogen (secondary N) is 1. The van der Waals surface area contributed by atoms with Gasteiger partial charge in [0.2, 0.25) is 0 Å². The molecule has 78 valence electrons. The number of thioether (sulfide) groups is 1. The lowest BCUT2D eigenvalue weighted by Gasteiger charge is -2.05. The van der Waals surface area contributed by atoms with Gasteiger partial charge in [-0.1, -0.05) is 13.8 Å². The van der Waals surface area contributed by atoms with E-state index in [1.807, 2.05) is 6.92 Å². The maximum Gasteiger partial charge on any atom is 0.254 e. The van der Waals surface area contributed by atoms with Gasteiger partial charge in [-0.25, -0.2) is 4.98 Å². The fourth-order valence-corrected chi connectivity index (χ4v) is 1.65. The first-order valence-corrected chi connectivity index (χ1v) is 5.73. The van der Waals surface area contributed by atoms with Crippen LogP contribution in [-0.2, 0) is 5.75 Å². The van der Waals surface area contributed by atoms with Crippen molar-refractivity contribution in [2.75, 3.05) is 0 Å². The second kappa shape index (κ2) is 4.64. The van der Waals surface area contributed by atoms with E-state index in [-0.39, 0.29) is 5.56 Å². The van der Waals surface area contributed by atoms with Crippen molar-refractivity contribution in [3.05, 3.63) is 27.4 Å². The highest BCUT2D eigenvalue weighted by molar-refractivity contribution is 7.99. The number of aromatic amines is 1. The number of nitrogens with zero attached hydrogens (tertiary/aromatic N) is 1. The summed E-state index contributed by atoms with van der Waals surface area (Å²) in [5.41, 5.74) is 1.52. The van der Waals surface area contributed by atoms with Crippen LogP contribution in [0.15, 0.2) is 4.79 Å². The molecule has 1 rings (SSSR count). The second-order valence-corrected chi connectivity index (χ2v) is 5.15. The summed E-state index contributed by atoms with van der Waals surface area (Å²) >= 11 is 1.77. The fourth-order valence-electron chi connectivity index (χ4n) is 1.02. The lowest BCUT2D eigenvalue weighted by molar-refractivity contribution is 0.938. The summed E-state index contributed by atoms with van der Waals surface area (Å²) in [4.78, 5) is 18.5. The monoisotopic (exact) mass is 212 g/mol. The average Bonchev–Trinajstić information content (AvgIpc) is 2.10. The molecular weight excluding hydrogens is 196 g/mol. The van der Waals surface area contributed by atoms with E-state index in [2.05, 4.69) is 23.8 Å². The Morgan fingerprint density at radius 3 is 2.57 bits per heavy atom. The van der Waals surface area contributed by atoms with Crippen molar-refractivity contribution in [1.29, 1.82) is 0 Å². The molecule has 0 aromatic carbocycles. The van der Waals surface area contributed by atoms with Gasteiger partial charge in [0.05, 0.1) is 5.75 Å². The molecule has 0 fully saturated rings. The molecule has 1 N–H and O–H groups in total. The molecule has 0 aliphatic heterocycles. The number of hydrogen-bond donors (Lipinski definition) is 1. The summed E-state index contributed by atoms with van der Waals surface area (Å²) in [5.74, 6) is 1.55. The van der Waals surface area contributed by atoms with Crippen molar-refractivity contribution in [3.63, 3.8) is 0 Å². The van der Waals surface area contributed by atoms with Crippen LogP contribution in [0.3, 0.4) is 0 Å². The summed E-state index contributed by atoms with van der Waals surface area (Å²) in [6.07, 6.45) is 0. The normalized spacial score (nSPS) is 10.9. The van der Waals surface area contributed by atoms with E-state index in [4.69, 9.17) is 0 Å². The highest BCUT2D eigenvalue weighted by Crippen LogP contribution is 2.13. The minimum atomic E-state index is -0.0168. The second-order valence-electron chi connectivity index (χ2n) is 3.58. The third kappa shape index (κ3) is 2.87. The standard InChI is InChI=1S/C10H16N2OS/c1-6(2)14-5-9-11-8(4)7(3)10(13)12-9/h6H,5H2,1-4H3,(H,11,12,13). The van der Waals surface area contributed by atoms with Crippen molar-refractivity contribution >= 4 is 11.8 Å². The molecule has 0 saturated heterocycles. The van der Waals surface area contributed by atoms with E-state index in [0.29, 0.717) is 10.8 Å². The molecule has 0 atom stereocenters.